The summed E-state index contributed by atoms with van der Waals surface area (Å²) >= 11 is 3.52. The Labute approximate surface area is 117 Å². The van der Waals surface area contributed by atoms with Crippen LogP contribution in [0, 0.1) is 11.3 Å². The van der Waals surface area contributed by atoms with E-state index in [0.29, 0.717) is 11.3 Å². The van der Waals surface area contributed by atoms with Crippen molar-refractivity contribution in [3.05, 3.63) is 11.6 Å². The number of nitrogens with zero attached hydrogens (tertiary/aromatic N) is 2. The topological polar surface area (TPSA) is 48.7 Å². The van der Waals surface area contributed by atoms with Crippen LogP contribution in [0.2, 0.25) is 0 Å². The standard InChI is InChI=1S/C13H19N3S2/c1-10(2)16-13(9-14)5-3-4-11(8-13)18-12-15-6-7-17-12/h6-7,10-11,16H,3-5,8H2,1-2H3. The quantitative estimate of drug-likeness (QED) is 0.918. The molecule has 1 heterocycles. The molecule has 1 saturated carbocycles. The van der Waals surface area contributed by atoms with E-state index in [9.17, 15) is 5.26 Å². The molecule has 3 nitrogen and oxygen atoms in total. The van der Waals surface area contributed by atoms with Crippen molar-refractivity contribution in [3.8, 4) is 6.07 Å². The largest absolute Gasteiger partial charge is 0.297 e. The first-order valence-corrected chi connectivity index (χ1v) is 8.14. The molecule has 1 N–H and O–H groups in total. The van der Waals surface area contributed by atoms with Crippen molar-refractivity contribution in [3.63, 3.8) is 0 Å². The molecule has 0 aliphatic heterocycles. The summed E-state index contributed by atoms with van der Waals surface area (Å²) in [5.74, 6) is 0. The van der Waals surface area contributed by atoms with E-state index in [0.717, 1.165) is 23.6 Å². The van der Waals surface area contributed by atoms with Crippen molar-refractivity contribution < 1.29 is 0 Å². The lowest BCUT2D eigenvalue weighted by Crippen LogP contribution is -2.51. The van der Waals surface area contributed by atoms with E-state index in [2.05, 4.69) is 30.2 Å². The van der Waals surface area contributed by atoms with Crippen molar-refractivity contribution in [2.75, 3.05) is 0 Å². The molecular formula is C13H19N3S2. The highest BCUT2D eigenvalue weighted by molar-refractivity contribution is 8.01. The van der Waals surface area contributed by atoms with Gasteiger partial charge in [-0.25, -0.2) is 4.98 Å². The normalized spacial score (nSPS) is 28.2. The van der Waals surface area contributed by atoms with Gasteiger partial charge in [-0.15, -0.1) is 11.3 Å². The number of thiazole rings is 1. The van der Waals surface area contributed by atoms with Gasteiger partial charge in [0.2, 0.25) is 0 Å². The second-order valence-corrected chi connectivity index (χ2v) is 7.57. The smallest absolute Gasteiger partial charge is 0.150 e. The summed E-state index contributed by atoms with van der Waals surface area (Å²) in [4.78, 5) is 4.32. The van der Waals surface area contributed by atoms with Crippen LogP contribution in [0.3, 0.4) is 0 Å². The fourth-order valence-corrected chi connectivity index (χ4v) is 4.77. The van der Waals surface area contributed by atoms with Crippen LogP contribution in [0.15, 0.2) is 15.9 Å². The minimum Gasteiger partial charge on any atom is -0.297 e. The molecular weight excluding hydrogens is 262 g/mol. The van der Waals surface area contributed by atoms with Gasteiger partial charge in [0, 0.05) is 22.9 Å². The number of hydrogen-bond donors (Lipinski definition) is 1. The Hall–Kier alpha value is -0.570. The second-order valence-electron chi connectivity index (χ2n) is 5.13. The Bertz CT molecular complexity index is 410. The van der Waals surface area contributed by atoms with E-state index in [1.165, 1.54) is 6.42 Å². The summed E-state index contributed by atoms with van der Waals surface area (Å²) in [5.41, 5.74) is -0.332. The maximum absolute atomic E-state index is 9.50. The molecule has 1 aromatic rings. The van der Waals surface area contributed by atoms with E-state index < -0.39 is 0 Å². The third-order valence-electron chi connectivity index (χ3n) is 3.16. The fourth-order valence-electron chi connectivity index (χ4n) is 2.55. The van der Waals surface area contributed by atoms with Gasteiger partial charge in [-0.2, -0.15) is 5.26 Å². The molecule has 98 valence electrons. The lowest BCUT2D eigenvalue weighted by atomic mass is 9.82. The zero-order valence-corrected chi connectivity index (χ0v) is 12.5. The van der Waals surface area contributed by atoms with E-state index in [4.69, 9.17) is 0 Å². The van der Waals surface area contributed by atoms with Crippen LogP contribution in [0.1, 0.15) is 39.5 Å². The highest BCUT2D eigenvalue weighted by atomic mass is 32.2. The summed E-state index contributed by atoms with van der Waals surface area (Å²) in [6.07, 6.45) is 6.05. The van der Waals surface area contributed by atoms with Gasteiger partial charge in [0.15, 0.2) is 0 Å². The monoisotopic (exact) mass is 281 g/mol. The van der Waals surface area contributed by atoms with Gasteiger partial charge in [0.1, 0.15) is 9.88 Å². The molecule has 1 aliphatic carbocycles. The highest BCUT2D eigenvalue weighted by Gasteiger charge is 2.37. The summed E-state index contributed by atoms with van der Waals surface area (Å²) in [6, 6.07) is 2.87. The molecule has 18 heavy (non-hydrogen) atoms. The number of rotatable bonds is 4. The first-order chi connectivity index (χ1) is 8.63. The molecule has 5 heteroatoms. The Morgan fingerprint density at radius 2 is 2.50 bits per heavy atom. The molecule has 2 unspecified atom stereocenters. The minimum absolute atomic E-state index is 0.332. The maximum atomic E-state index is 9.50. The van der Waals surface area contributed by atoms with Crippen LogP contribution in [-0.4, -0.2) is 21.8 Å². The van der Waals surface area contributed by atoms with Crippen LogP contribution in [0.5, 0.6) is 0 Å². The average Bonchev–Trinajstić information content (AvgIpc) is 2.81. The lowest BCUT2D eigenvalue weighted by molar-refractivity contribution is 0.284. The molecule has 0 amide bonds. The SMILES string of the molecule is CC(C)NC1(C#N)CCCC(Sc2nccs2)C1. The van der Waals surface area contributed by atoms with Crippen LogP contribution in [0.25, 0.3) is 0 Å². The predicted molar refractivity (Wildman–Crippen MR) is 76.8 cm³/mol. The van der Waals surface area contributed by atoms with Gasteiger partial charge >= 0.3 is 0 Å². The molecule has 2 rings (SSSR count). The first kappa shape index (κ1) is 13.9. The van der Waals surface area contributed by atoms with Crippen molar-refractivity contribution in [2.24, 2.45) is 0 Å². The molecule has 2 atom stereocenters. The minimum atomic E-state index is -0.332. The third kappa shape index (κ3) is 3.47. The van der Waals surface area contributed by atoms with Gasteiger partial charge in [0.05, 0.1) is 6.07 Å². The van der Waals surface area contributed by atoms with Crippen LogP contribution < -0.4 is 5.32 Å². The highest BCUT2D eigenvalue weighted by Crippen LogP contribution is 2.38. The molecule has 0 radical (unpaired) electrons. The maximum Gasteiger partial charge on any atom is 0.150 e. The van der Waals surface area contributed by atoms with Gasteiger partial charge in [-0.1, -0.05) is 11.8 Å². The van der Waals surface area contributed by atoms with Gasteiger partial charge in [-0.3, -0.25) is 5.32 Å². The van der Waals surface area contributed by atoms with Crippen LogP contribution >= 0.6 is 23.1 Å². The molecule has 0 bridgehead atoms. The summed E-state index contributed by atoms with van der Waals surface area (Å²) in [6.45, 7) is 4.22. The van der Waals surface area contributed by atoms with Crippen molar-refractivity contribution in [2.45, 2.75) is 60.7 Å². The lowest BCUT2D eigenvalue weighted by Gasteiger charge is -2.37. The van der Waals surface area contributed by atoms with Gasteiger partial charge in [-0.05, 0) is 39.5 Å². The van der Waals surface area contributed by atoms with Crippen molar-refractivity contribution in [1.29, 1.82) is 5.26 Å². The predicted octanol–water partition coefficient (Wildman–Crippen LogP) is 3.44. The molecule has 1 fully saturated rings. The van der Waals surface area contributed by atoms with Gasteiger partial charge in [0.25, 0.3) is 0 Å². The number of nitrogens with one attached hydrogen (secondary N) is 1. The molecule has 0 aromatic carbocycles. The average molecular weight is 281 g/mol. The van der Waals surface area contributed by atoms with E-state index in [1.54, 1.807) is 11.3 Å². The Morgan fingerprint density at radius 1 is 1.67 bits per heavy atom. The summed E-state index contributed by atoms with van der Waals surface area (Å²) in [7, 11) is 0. The van der Waals surface area contributed by atoms with Crippen LogP contribution in [0.4, 0.5) is 0 Å². The Kier molecular flexibility index (Phi) is 4.66. The second kappa shape index (κ2) is 6.05. The zero-order chi connectivity index (χ0) is 13.0. The molecule has 0 saturated heterocycles. The van der Waals surface area contributed by atoms with Gasteiger partial charge < -0.3 is 0 Å². The third-order valence-corrected chi connectivity index (χ3v) is 5.35. The first-order valence-electron chi connectivity index (χ1n) is 6.39. The Morgan fingerprint density at radius 3 is 3.11 bits per heavy atom. The molecule has 0 spiro atoms. The number of nitriles is 1. The van der Waals surface area contributed by atoms with Crippen molar-refractivity contribution >= 4 is 23.1 Å². The van der Waals surface area contributed by atoms with E-state index in [-0.39, 0.29) is 5.54 Å². The van der Waals surface area contributed by atoms with E-state index >= 15 is 0 Å². The fraction of sp³-hybridized carbons (Fsp3) is 0.692. The van der Waals surface area contributed by atoms with E-state index in [1.807, 2.05) is 23.3 Å². The zero-order valence-electron chi connectivity index (χ0n) is 10.8. The Balaban J connectivity index is 2.00. The summed E-state index contributed by atoms with van der Waals surface area (Å²) in [5, 5.41) is 15.5. The number of hydrogen-bond acceptors (Lipinski definition) is 5. The summed E-state index contributed by atoms with van der Waals surface area (Å²) < 4.78 is 1.12. The molecule has 1 aliphatic rings. The molecule has 1 aromatic heterocycles. The van der Waals surface area contributed by atoms with Crippen LogP contribution in [-0.2, 0) is 0 Å². The van der Waals surface area contributed by atoms with Crippen molar-refractivity contribution in [1.82, 2.24) is 10.3 Å². The number of aromatic nitrogens is 1. The number of thioether (sulfide) groups is 1.